The fraction of sp³-hybridized carbons (Fsp3) is 0.231. The zero-order chi connectivity index (χ0) is 14.4. The van der Waals surface area contributed by atoms with E-state index in [9.17, 15) is 9.59 Å². The van der Waals surface area contributed by atoms with Crippen molar-refractivity contribution in [3.05, 3.63) is 41.2 Å². The van der Waals surface area contributed by atoms with Gasteiger partial charge < -0.3 is 10.6 Å². The molecule has 2 heterocycles. The molecule has 20 heavy (non-hydrogen) atoms. The van der Waals surface area contributed by atoms with Crippen molar-refractivity contribution in [2.24, 2.45) is 0 Å². The first-order chi connectivity index (χ1) is 9.65. The van der Waals surface area contributed by atoms with E-state index in [1.165, 1.54) is 18.3 Å². The van der Waals surface area contributed by atoms with Crippen molar-refractivity contribution in [2.75, 3.05) is 11.9 Å². The molecule has 0 aliphatic heterocycles. The predicted octanol–water partition coefficient (Wildman–Crippen LogP) is 1.47. The summed E-state index contributed by atoms with van der Waals surface area (Å²) in [6.07, 6.45) is 2.38. The van der Waals surface area contributed by atoms with Crippen LogP contribution in [0, 0.1) is 0 Å². The lowest BCUT2D eigenvalue weighted by molar-refractivity contribution is -0.114. The molecule has 0 saturated heterocycles. The number of hydrogen-bond acceptors (Lipinski definition) is 5. The topological polar surface area (TPSA) is 84.0 Å². The number of nitrogens with one attached hydrogen (secondary N) is 2. The summed E-state index contributed by atoms with van der Waals surface area (Å²) in [7, 11) is 0. The van der Waals surface area contributed by atoms with Gasteiger partial charge in [0.2, 0.25) is 5.91 Å². The van der Waals surface area contributed by atoms with Crippen LogP contribution >= 0.6 is 11.3 Å². The van der Waals surface area contributed by atoms with Gasteiger partial charge >= 0.3 is 0 Å². The standard InChI is InChI=1S/C13H14N4O2S/c1-9(18)16-13-17-11(8-20-13)12(19)15-7-5-10-4-2-3-6-14-10/h2-4,6,8H,5,7H2,1H3,(H,15,19)(H,16,17,18). The van der Waals surface area contributed by atoms with Crippen LogP contribution < -0.4 is 10.6 Å². The molecule has 0 spiro atoms. The largest absolute Gasteiger partial charge is 0.350 e. The van der Waals surface area contributed by atoms with Gasteiger partial charge in [-0.25, -0.2) is 4.98 Å². The number of pyridine rings is 1. The summed E-state index contributed by atoms with van der Waals surface area (Å²) in [4.78, 5) is 30.9. The van der Waals surface area contributed by atoms with Crippen LogP contribution in [-0.2, 0) is 11.2 Å². The number of thiazole rings is 1. The third kappa shape index (κ3) is 4.13. The van der Waals surface area contributed by atoms with Gasteiger partial charge in [-0.3, -0.25) is 14.6 Å². The van der Waals surface area contributed by atoms with Crippen molar-refractivity contribution in [1.29, 1.82) is 0 Å². The average Bonchev–Trinajstić information content (AvgIpc) is 2.87. The predicted molar refractivity (Wildman–Crippen MR) is 76.7 cm³/mol. The maximum absolute atomic E-state index is 11.8. The normalized spacial score (nSPS) is 10.1. The first-order valence-corrected chi connectivity index (χ1v) is 6.94. The highest BCUT2D eigenvalue weighted by Crippen LogP contribution is 2.14. The van der Waals surface area contributed by atoms with E-state index in [1.54, 1.807) is 11.6 Å². The van der Waals surface area contributed by atoms with E-state index in [-0.39, 0.29) is 11.8 Å². The Morgan fingerprint density at radius 3 is 2.90 bits per heavy atom. The molecule has 0 unspecified atom stereocenters. The number of hydrogen-bond donors (Lipinski definition) is 2. The van der Waals surface area contributed by atoms with E-state index >= 15 is 0 Å². The van der Waals surface area contributed by atoms with Crippen molar-refractivity contribution in [3.8, 4) is 0 Å². The second-order valence-electron chi connectivity index (χ2n) is 4.05. The Labute approximate surface area is 120 Å². The highest BCUT2D eigenvalue weighted by atomic mass is 32.1. The average molecular weight is 290 g/mol. The van der Waals surface area contributed by atoms with Gasteiger partial charge in [0.1, 0.15) is 5.69 Å². The highest BCUT2D eigenvalue weighted by molar-refractivity contribution is 7.14. The lowest BCUT2D eigenvalue weighted by atomic mass is 10.2. The summed E-state index contributed by atoms with van der Waals surface area (Å²) in [6, 6.07) is 5.66. The highest BCUT2D eigenvalue weighted by Gasteiger charge is 2.10. The zero-order valence-electron chi connectivity index (χ0n) is 10.9. The second-order valence-corrected chi connectivity index (χ2v) is 4.90. The molecule has 0 aliphatic carbocycles. The van der Waals surface area contributed by atoms with Crippen molar-refractivity contribution in [3.63, 3.8) is 0 Å². The van der Waals surface area contributed by atoms with E-state index < -0.39 is 0 Å². The molecule has 2 amide bonds. The SMILES string of the molecule is CC(=O)Nc1nc(C(=O)NCCc2ccccn2)cs1. The van der Waals surface area contributed by atoms with Crippen LogP contribution in [0.4, 0.5) is 5.13 Å². The molecule has 0 fully saturated rings. The quantitative estimate of drug-likeness (QED) is 0.873. The molecule has 0 atom stereocenters. The van der Waals surface area contributed by atoms with Crippen LogP contribution in [0.3, 0.4) is 0 Å². The molecule has 0 aromatic carbocycles. The number of aromatic nitrogens is 2. The van der Waals surface area contributed by atoms with Gasteiger partial charge in [0.25, 0.3) is 5.91 Å². The first-order valence-electron chi connectivity index (χ1n) is 6.06. The van der Waals surface area contributed by atoms with Crippen LogP contribution in [0.15, 0.2) is 29.8 Å². The first kappa shape index (κ1) is 14.1. The summed E-state index contributed by atoms with van der Waals surface area (Å²) >= 11 is 1.22. The summed E-state index contributed by atoms with van der Waals surface area (Å²) in [5.41, 5.74) is 1.23. The fourth-order valence-electron chi connectivity index (χ4n) is 1.53. The third-order valence-corrected chi connectivity index (χ3v) is 3.17. The Balaban J connectivity index is 1.83. The number of nitrogens with zero attached hydrogens (tertiary/aromatic N) is 2. The third-order valence-electron chi connectivity index (χ3n) is 2.41. The van der Waals surface area contributed by atoms with E-state index in [4.69, 9.17) is 0 Å². The maximum Gasteiger partial charge on any atom is 0.270 e. The maximum atomic E-state index is 11.8. The Morgan fingerprint density at radius 1 is 1.35 bits per heavy atom. The van der Waals surface area contributed by atoms with Gasteiger partial charge in [0.05, 0.1) is 0 Å². The van der Waals surface area contributed by atoms with Crippen LogP contribution in [0.5, 0.6) is 0 Å². The van der Waals surface area contributed by atoms with Crippen molar-refractivity contribution >= 4 is 28.3 Å². The van der Waals surface area contributed by atoms with Crippen molar-refractivity contribution in [1.82, 2.24) is 15.3 Å². The minimum atomic E-state index is -0.256. The smallest absolute Gasteiger partial charge is 0.270 e. The summed E-state index contributed by atoms with van der Waals surface area (Å²) in [6.45, 7) is 1.89. The Kier molecular flexibility index (Phi) is 4.78. The molecule has 2 aromatic heterocycles. The molecule has 0 aliphatic rings. The van der Waals surface area contributed by atoms with Gasteiger partial charge in [-0.15, -0.1) is 11.3 Å². The molecule has 104 valence electrons. The second kappa shape index (κ2) is 6.76. The van der Waals surface area contributed by atoms with Crippen molar-refractivity contribution < 1.29 is 9.59 Å². The van der Waals surface area contributed by atoms with E-state index in [2.05, 4.69) is 20.6 Å². The van der Waals surface area contributed by atoms with Crippen LogP contribution in [0.1, 0.15) is 23.1 Å². The molecule has 2 aromatic rings. The molecule has 0 radical (unpaired) electrons. The molecule has 7 heteroatoms. The Bertz CT molecular complexity index is 597. The fourth-order valence-corrected chi connectivity index (χ4v) is 2.26. The van der Waals surface area contributed by atoms with E-state index in [0.29, 0.717) is 23.8 Å². The zero-order valence-corrected chi connectivity index (χ0v) is 11.7. The van der Waals surface area contributed by atoms with E-state index in [1.807, 2.05) is 18.2 Å². The Hall–Kier alpha value is -2.28. The number of amides is 2. The number of anilines is 1. The molecular formula is C13H14N4O2S. The van der Waals surface area contributed by atoms with Gasteiger partial charge in [0.15, 0.2) is 5.13 Å². The summed E-state index contributed by atoms with van der Waals surface area (Å²) < 4.78 is 0. The minimum Gasteiger partial charge on any atom is -0.350 e. The number of carbonyl (C=O) groups is 2. The monoisotopic (exact) mass is 290 g/mol. The molecular weight excluding hydrogens is 276 g/mol. The van der Waals surface area contributed by atoms with Crippen molar-refractivity contribution in [2.45, 2.75) is 13.3 Å². The summed E-state index contributed by atoms with van der Waals surface area (Å²) in [5, 5.41) is 7.34. The molecule has 0 saturated carbocycles. The van der Waals surface area contributed by atoms with Gasteiger partial charge in [-0.05, 0) is 12.1 Å². The Morgan fingerprint density at radius 2 is 2.20 bits per heavy atom. The number of rotatable bonds is 5. The molecule has 0 bridgehead atoms. The van der Waals surface area contributed by atoms with Crippen LogP contribution in [-0.4, -0.2) is 28.3 Å². The molecule has 2 rings (SSSR count). The minimum absolute atomic E-state index is 0.207. The lowest BCUT2D eigenvalue weighted by Crippen LogP contribution is -2.26. The summed E-state index contributed by atoms with van der Waals surface area (Å²) in [5.74, 6) is -0.463. The van der Waals surface area contributed by atoms with Gasteiger partial charge in [-0.1, -0.05) is 6.07 Å². The van der Waals surface area contributed by atoms with E-state index in [0.717, 1.165) is 5.69 Å². The van der Waals surface area contributed by atoms with Gasteiger partial charge in [0, 0.05) is 37.2 Å². The van der Waals surface area contributed by atoms with Crippen LogP contribution in [0.2, 0.25) is 0 Å². The van der Waals surface area contributed by atoms with Gasteiger partial charge in [-0.2, -0.15) is 0 Å². The van der Waals surface area contributed by atoms with Crippen LogP contribution in [0.25, 0.3) is 0 Å². The molecule has 2 N–H and O–H groups in total. The number of carbonyl (C=O) groups excluding carboxylic acids is 2. The molecule has 6 nitrogen and oxygen atoms in total. The lowest BCUT2D eigenvalue weighted by Gasteiger charge is -2.02.